The summed E-state index contributed by atoms with van der Waals surface area (Å²) < 4.78 is 6.52. The molecule has 0 bridgehead atoms. The van der Waals surface area contributed by atoms with Crippen molar-refractivity contribution in [3.8, 4) is 0 Å². The van der Waals surface area contributed by atoms with Gasteiger partial charge in [-0.3, -0.25) is 0 Å². The van der Waals surface area contributed by atoms with E-state index in [2.05, 4.69) is 100 Å². The molecule has 0 amide bonds. The zero-order chi connectivity index (χ0) is 19.0. The quantitative estimate of drug-likeness (QED) is 0.379. The van der Waals surface area contributed by atoms with Crippen molar-refractivity contribution in [3.05, 3.63) is 95.1 Å². The van der Waals surface area contributed by atoms with Gasteiger partial charge in [-0.2, -0.15) is 0 Å². The Bertz CT molecular complexity index is 1020. The molecule has 0 fully saturated rings. The summed E-state index contributed by atoms with van der Waals surface area (Å²) in [6.45, 7) is 8.57. The van der Waals surface area contributed by atoms with Gasteiger partial charge in [-0.1, -0.05) is 72.8 Å². The monoisotopic (exact) mass is 354 g/mol. The fourth-order valence-electron chi connectivity index (χ4n) is 3.99. The number of ether oxygens (including phenoxy) is 1. The van der Waals surface area contributed by atoms with E-state index in [9.17, 15) is 0 Å². The number of benzene rings is 4. The first-order valence-corrected chi connectivity index (χ1v) is 9.68. The molecule has 4 aromatic carbocycles. The molecule has 0 atom stereocenters. The number of rotatable bonds is 4. The largest absolute Gasteiger partial charge is 0.366 e. The topological polar surface area (TPSA) is 9.23 Å². The second-order valence-electron chi connectivity index (χ2n) is 7.60. The Kier molecular flexibility index (Phi) is 4.72. The lowest BCUT2D eigenvalue weighted by molar-refractivity contribution is 0.0319. The normalized spacial score (nSPS) is 11.8. The standard InChI is InChI=1S/C26H26O/c1-17(2)27-26(24-15-13-18(3)20-9-5-7-11-22(20)24)25-16-14-19(4)21-10-6-8-12-23(21)25/h5-17,26H,1-4H3. The van der Waals surface area contributed by atoms with Crippen molar-refractivity contribution in [2.45, 2.75) is 39.9 Å². The van der Waals surface area contributed by atoms with Crippen molar-refractivity contribution < 1.29 is 4.74 Å². The van der Waals surface area contributed by atoms with E-state index in [1.807, 2.05) is 0 Å². The zero-order valence-corrected chi connectivity index (χ0v) is 16.5. The van der Waals surface area contributed by atoms with E-state index >= 15 is 0 Å². The minimum absolute atomic E-state index is 0.0963. The van der Waals surface area contributed by atoms with Gasteiger partial charge < -0.3 is 4.74 Å². The molecule has 136 valence electrons. The van der Waals surface area contributed by atoms with Gasteiger partial charge in [0.25, 0.3) is 0 Å². The van der Waals surface area contributed by atoms with Crippen LogP contribution in [0.1, 0.15) is 42.2 Å². The first-order valence-electron chi connectivity index (χ1n) is 9.68. The second kappa shape index (κ2) is 7.17. The van der Waals surface area contributed by atoms with Crippen molar-refractivity contribution >= 4 is 21.5 Å². The number of hydrogen-bond donors (Lipinski definition) is 0. The molecule has 0 aliphatic carbocycles. The summed E-state index contributed by atoms with van der Waals surface area (Å²) in [5.74, 6) is 0. The highest BCUT2D eigenvalue weighted by Gasteiger charge is 2.21. The molecule has 0 N–H and O–H groups in total. The van der Waals surface area contributed by atoms with Crippen LogP contribution in [0, 0.1) is 13.8 Å². The third kappa shape index (κ3) is 3.24. The van der Waals surface area contributed by atoms with Gasteiger partial charge in [0.1, 0.15) is 6.10 Å². The van der Waals surface area contributed by atoms with Gasteiger partial charge in [-0.05, 0) is 71.5 Å². The number of fused-ring (bicyclic) bond motifs is 2. The smallest absolute Gasteiger partial charge is 0.109 e. The molecule has 27 heavy (non-hydrogen) atoms. The lowest BCUT2D eigenvalue weighted by Gasteiger charge is -2.25. The molecule has 0 saturated heterocycles. The summed E-state index contributed by atoms with van der Waals surface area (Å²) in [4.78, 5) is 0. The maximum Gasteiger partial charge on any atom is 0.109 e. The fourth-order valence-corrected chi connectivity index (χ4v) is 3.99. The molecule has 4 aromatic rings. The molecule has 0 spiro atoms. The second-order valence-corrected chi connectivity index (χ2v) is 7.60. The molecule has 0 radical (unpaired) electrons. The summed E-state index contributed by atoms with van der Waals surface area (Å²) in [5, 5.41) is 5.13. The summed E-state index contributed by atoms with van der Waals surface area (Å²) in [7, 11) is 0. The van der Waals surface area contributed by atoms with Crippen LogP contribution >= 0.6 is 0 Å². The highest BCUT2D eigenvalue weighted by atomic mass is 16.5. The first-order chi connectivity index (χ1) is 13.1. The molecule has 0 aliphatic rings. The maximum absolute atomic E-state index is 6.52. The highest BCUT2D eigenvalue weighted by Crippen LogP contribution is 2.37. The lowest BCUT2D eigenvalue weighted by atomic mass is 9.90. The van der Waals surface area contributed by atoms with Crippen LogP contribution in [0.5, 0.6) is 0 Å². The Labute approximate surface area is 161 Å². The van der Waals surface area contributed by atoms with Crippen LogP contribution in [0.25, 0.3) is 21.5 Å². The van der Waals surface area contributed by atoms with Crippen LogP contribution in [0.15, 0.2) is 72.8 Å². The number of hydrogen-bond acceptors (Lipinski definition) is 1. The molecular weight excluding hydrogens is 328 g/mol. The fraction of sp³-hybridized carbons (Fsp3) is 0.231. The SMILES string of the molecule is Cc1ccc(C(OC(C)C)c2ccc(C)c3ccccc23)c2ccccc12. The average molecular weight is 354 g/mol. The Balaban J connectivity index is 2.00. The van der Waals surface area contributed by atoms with Crippen molar-refractivity contribution in [2.75, 3.05) is 0 Å². The van der Waals surface area contributed by atoms with Gasteiger partial charge in [-0.25, -0.2) is 0 Å². The van der Waals surface area contributed by atoms with Crippen LogP contribution < -0.4 is 0 Å². The molecule has 4 rings (SSSR count). The van der Waals surface area contributed by atoms with Crippen LogP contribution in [0.4, 0.5) is 0 Å². The summed E-state index contributed by atoms with van der Waals surface area (Å²) in [5.41, 5.74) is 5.07. The van der Waals surface area contributed by atoms with E-state index in [0.29, 0.717) is 0 Å². The van der Waals surface area contributed by atoms with E-state index in [0.717, 1.165) is 0 Å². The lowest BCUT2D eigenvalue weighted by Crippen LogP contribution is -2.13. The third-order valence-corrected chi connectivity index (χ3v) is 5.32. The van der Waals surface area contributed by atoms with Crippen LogP contribution in [0.2, 0.25) is 0 Å². The first kappa shape index (κ1) is 17.8. The maximum atomic E-state index is 6.52. The zero-order valence-electron chi connectivity index (χ0n) is 16.5. The van der Waals surface area contributed by atoms with Crippen LogP contribution in [-0.2, 0) is 4.74 Å². The Morgan fingerprint density at radius 1 is 0.556 bits per heavy atom. The summed E-state index contributed by atoms with van der Waals surface area (Å²) >= 11 is 0. The molecule has 0 aromatic heterocycles. The van der Waals surface area contributed by atoms with E-state index in [4.69, 9.17) is 4.74 Å². The van der Waals surface area contributed by atoms with Gasteiger partial charge in [-0.15, -0.1) is 0 Å². The molecule has 0 aliphatic heterocycles. The highest BCUT2D eigenvalue weighted by molar-refractivity contribution is 5.92. The third-order valence-electron chi connectivity index (χ3n) is 5.32. The van der Waals surface area contributed by atoms with Crippen molar-refractivity contribution in [2.24, 2.45) is 0 Å². The molecule has 0 saturated carbocycles. The van der Waals surface area contributed by atoms with Gasteiger partial charge in [0, 0.05) is 0 Å². The molecule has 0 unspecified atom stereocenters. The van der Waals surface area contributed by atoms with E-state index in [-0.39, 0.29) is 12.2 Å². The van der Waals surface area contributed by atoms with Crippen molar-refractivity contribution in [1.29, 1.82) is 0 Å². The van der Waals surface area contributed by atoms with Crippen LogP contribution in [-0.4, -0.2) is 6.10 Å². The predicted octanol–water partition coefficient (Wildman–Crippen LogP) is 7.12. The number of aryl methyl sites for hydroxylation is 2. The van der Waals surface area contributed by atoms with Gasteiger partial charge in [0.2, 0.25) is 0 Å². The Morgan fingerprint density at radius 2 is 0.963 bits per heavy atom. The van der Waals surface area contributed by atoms with Crippen molar-refractivity contribution in [3.63, 3.8) is 0 Å². The van der Waals surface area contributed by atoms with Gasteiger partial charge in [0.15, 0.2) is 0 Å². The van der Waals surface area contributed by atoms with Crippen LogP contribution in [0.3, 0.4) is 0 Å². The average Bonchev–Trinajstić information content (AvgIpc) is 2.68. The summed E-state index contributed by atoms with van der Waals surface area (Å²) in [6.07, 6.45) is 0.0381. The van der Waals surface area contributed by atoms with E-state index in [1.165, 1.54) is 43.8 Å². The Morgan fingerprint density at radius 3 is 1.37 bits per heavy atom. The van der Waals surface area contributed by atoms with Gasteiger partial charge >= 0.3 is 0 Å². The minimum atomic E-state index is -0.0963. The minimum Gasteiger partial charge on any atom is -0.366 e. The Hall–Kier alpha value is -2.64. The van der Waals surface area contributed by atoms with E-state index in [1.54, 1.807) is 0 Å². The summed E-state index contributed by atoms with van der Waals surface area (Å²) in [6, 6.07) is 26.2. The van der Waals surface area contributed by atoms with E-state index < -0.39 is 0 Å². The molecule has 1 heteroatoms. The molecule has 1 nitrogen and oxygen atoms in total. The molecular formula is C26H26O. The van der Waals surface area contributed by atoms with Gasteiger partial charge in [0.05, 0.1) is 6.10 Å². The van der Waals surface area contributed by atoms with Crippen molar-refractivity contribution in [1.82, 2.24) is 0 Å². The predicted molar refractivity (Wildman–Crippen MR) is 115 cm³/mol. The molecule has 0 heterocycles.